The van der Waals surface area contributed by atoms with Crippen LogP contribution < -0.4 is 5.32 Å². The van der Waals surface area contributed by atoms with Crippen LogP contribution in [0.1, 0.15) is 34.1 Å². The lowest BCUT2D eigenvalue weighted by Gasteiger charge is -2.26. The lowest BCUT2D eigenvalue weighted by atomic mass is 9.93. The predicted octanol–water partition coefficient (Wildman–Crippen LogP) is 2.45. The minimum Gasteiger partial charge on any atom is -0.342 e. The summed E-state index contributed by atoms with van der Waals surface area (Å²) in [6.07, 6.45) is 0.972. The molecule has 0 saturated heterocycles. The van der Waals surface area contributed by atoms with Crippen molar-refractivity contribution in [1.29, 1.82) is 0 Å². The average Bonchev–Trinajstić information content (AvgIpc) is 1.53. The highest BCUT2D eigenvalue weighted by atomic mass is 32.1. The van der Waals surface area contributed by atoms with Crippen molar-refractivity contribution in [2.45, 2.75) is 39.7 Å². The predicted molar refractivity (Wildman–Crippen MR) is 51.1 cm³/mol. The molecule has 0 radical (unpaired) electrons. The van der Waals surface area contributed by atoms with E-state index < -0.39 is 0 Å². The zero-order valence-corrected chi connectivity index (χ0v) is 8.53. The number of carbonyl (C=O) groups is 1. The van der Waals surface area contributed by atoms with Crippen LogP contribution in [-0.2, 0) is 0 Å². The van der Waals surface area contributed by atoms with Gasteiger partial charge in [0.15, 0.2) is 0 Å². The number of hydrogen-bond donors (Lipinski definition) is 2. The monoisotopic (exact) mass is 175 g/mol. The van der Waals surface area contributed by atoms with Gasteiger partial charge in [-0.3, -0.25) is 4.79 Å². The lowest BCUT2D eigenvalue weighted by Crippen LogP contribution is -2.41. The highest BCUT2D eigenvalue weighted by molar-refractivity contribution is 7.96. The molecule has 0 rings (SSSR count). The quantitative estimate of drug-likeness (QED) is 0.634. The van der Waals surface area contributed by atoms with E-state index in [0.29, 0.717) is 5.92 Å². The van der Waals surface area contributed by atoms with Gasteiger partial charge in [-0.25, -0.2) is 0 Å². The van der Waals surface area contributed by atoms with Gasteiger partial charge in [0.25, 0.3) is 5.24 Å². The Hall–Kier alpha value is -0.180. The molecule has 2 nitrogen and oxygen atoms in total. The maximum atomic E-state index is 10.6. The summed E-state index contributed by atoms with van der Waals surface area (Å²) < 4.78 is 0. The van der Waals surface area contributed by atoms with Crippen molar-refractivity contribution in [3.05, 3.63) is 0 Å². The fourth-order valence-electron chi connectivity index (χ4n) is 1.36. The summed E-state index contributed by atoms with van der Waals surface area (Å²) in [5.41, 5.74) is -0.132. The normalized spacial score (nSPS) is 11.8. The molecule has 0 aromatic rings. The van der Waals surface area contributed by atoms with Crippen LogP contribution in [0.5, 0.6) is 0 Å². The molecule has 0 fully saturated rings. The second-order valence-electron chi connectivity index (χ2n) is 3.91. The maximum absolute atomic E-state index is 10.6. The van der Waals surface area contributed by atoms with Crippen molar-refractivity contribution >= 4 is 17.9 Å². The summed E-state index contributed by atoms with van der Waals surface area (Å²) in [6, 6.07) is 0. The summed E-state index contributed by atoms with van der Waals surface area (Å²) in [5.74, 6) is 0.588. The van der Waals surface area contributed by atoms with Crippen molar-refractivity contribution in [3.63, 3.8) is 0 Å². The first kappa shape index (κ1) is 10.8. The molecular formula is C8H17NOS. The van der Waals surface area contributed by atoms with Gasteiger partial charge in [-0.2, -0.15) is 0 Å². The van der Waals surface area contributed by atoms with E-state index in [1.165, 1.54) is 0 Å². The molecule has 66 valence electrons. The molecule has 11 heavy (non-hydrogen) atoms. The Kier molecular flexibility index (Phi) is 3.93. The van der Waals surface area contributed by atoms with E-state index in [9.17, 15) is 4.79 Å². The fourth-order valence-corrected chi connectivity index (χ4v) is 1.66. The van der Waals surface area contributed by atoms with Gasteiger partial charge in [0.2, 0.25) is 0 Å². The zero-order chi connectivity index (χ0) is 9.07. The molecule has 1 N–H and O–H groups in total. The van der Waals surface area contributed by atoms with Crippen LogP contribution in [0, 0.1) is 5.92 Å². The number of rotatable bonds is 3. The number of thiol groups is 1. The Balaban J connectivity index is 3.89. The van der Waals surface area contributed by atoms with Crippen molar-refractivity contribution < 1.29 is 4.79 Å². The van der Waals surface area contributed by atoms with Crippen LogP contribution in [0.3, 0.4) is 0 Å². The molecule has 0 atom stereocenters. The van der Waals surface area contributed by atoms with E-state index in [0.717, 1.165) is 6.42 Å². The van der Waals surface area contributed by atoms with E-state index in [1.807, 2.05) is 13.8 Å². The van der Waals surface area contributed by atoms with E-state index >= 15 is 0 Å². The van der Waals surface area contributed by atoms with Crippen LogP contribution in [0.4, 0.5) is 4.79 Å². The summed E-state index contributed by atoms with van der Waals surface area (Å²) in [7, 11) is 0. The van der Waals surface area contributed by atoms with Gasteiger partial charge in [-0.1, -0.05) is 26.5 Å². The molecular weight excluding hydrogens is 158 g/mol. The van der Waals surface area contributed by atoms with E-state index in [-0.39, 0.29) is 10.8 Å². The van der Waals surface area contributed by atoms with Crippen LogP contribution in [0.2, 0.25) is 0 Å². The van der Waals surface area contributed by atoms with Crippen LogP contribution >= 0.6 is 12.6 Å². The summed E-state index contributed by atoms with van der Waals surface area (Å²) in [6.45, 7) is 8.26. The number of amides is 1. The Morgan fingerprint density at radius 2 is 2.00 bits per heavy atom. The van der Waals surface area contributed by atoms with E-state index in [4.69, 9.17) is 0 Å². The molecule has 0 spiro atoms. The van der Waals surface area contributed by atoms with Crippen molar-refractivity contribution in [1.82, 2.24) is 5.32 Å². The summed E-state index contributed by atoms with van der Waals surface area (Å²) in [4.78, 5) is 10.6. The first-order chi connectivity index (χ1) is 4.83. The Morgan fingerprint density at radius 3 is 2.27 bits per heavy atom. The largest absolute Gasteiger partial charge is 0.342 e. The second kappa shape index (κ2) is 4.00. The SMILES string of the molecule is CC(C)CC(C)(C)NC(=O)S. The summed E-state index contributed by atoms with van der Waals surface area (Å²) in [5, 5.41) is 2.52. The summed E-state index contributed by atoms with van der Waals surface area (Å²) >= 11 is 3.66. The van der Waals surface area contributed by atoms with Crippen molar-refractivity contribution in [3.8, 4) is 0 Å². The molecule has 3 heteroatoms. The van der Waals surface area contributed by atoms with Gasteiger partial charge in [-0.05, 0) is 26.2 Å². The van der Waals surface area contributed by atoms with Gasteiger partial charge in [-0.15, -0.1) is 0 Å². The minimum atomic E-state index is -0.254. The van der Waals surface area contributed by atoms with Gasteiger partial charge in [0, 0.05) is 5.54 Å². The van der Waals surface area contributed by atoms with Crippen LogP contribution in [0.25, 0.3) is 0 Å². The van der Waals surface area contributed by atoms with Gasteiger partial charge in [0.1, 0.15) is 0 Å². The number of carbonyl (C=O) groups excluding carboxylic acids is 1. The molecule has 0 aliphatic heterocycles. The smallest absolute Gasteiger partial charge is 0.276 e. The van der Waals surface area contributed by atoms with Gasteiger partial charge in [0.05, 0.1) is 0 Å². The average molecular weight is 175 g/mol. The molecule has 1 amide bonds. The molecule has 0 aromatic carbocycles. The first-order valence-electron chi connectivity index (χ1n) is 3.84. The second-order valence-corrected chi connectivity index (χ2v) is 4.32. The Bertz CT molecular complexity index is 143. The van der Waals surface area contributed by atoms with E-state index in [2.05, 4.69) is 31.8 Å². The highest BCUT2D eigenvalue weighted by Crippen LogP contribution is 2.15. The van der Waals surface area contributed by atoms with Crippen LogP contribution in [-0.4, -0.2) is 10.8 Å². The number of nitrogens with one attached hydrogen (secondary N) is 1. The third-order valence-corrected chi connectivity index (χ3v) is 1.48. The molecule has 0 heterocycles. The topological polar surface area (TPSA) is 29.1 Å². The molecule has 0 bridgehead atoms. The third-order valence-electron chi connectivity index (χ3n) is 1.36. The lowest BCUT2D eigenvalue weighted by molar-refractivity contribution is 0.245. The maximum Gasteiger partial charge on any atom is 0.276 e. The number of hydrogen-bond acceptors (Lipinski definition) is 1. The standard InChI is InChI=1S/C8H17NOS/c1-6(2)5-8(3,4)9-7(10)11/h6H,5H2,1-4H3,(H2,9,10,11). The molecule has 0 aromatic heterocycles. The molecule has 0 aliphatic rings. The first-order valence-corrected chi connectivity index (χ1v) is 4.29. The minimum absolute atomic E-state index is 0.132. The molecule has 0 unspecified atom stereocenters. The van der Waals surface area contributed by atoms with Crippen LogP contribution in [0.15, 0.2) is 0 Å². The third kappa shape index (κ3) is 6.23. The zero-order valence-electron chi connectivity index (χ0n) is 7.64. The van der Waals surface area contributed by atoms with Crippen molar-refractivity contribution in [2.75, 3.05) is 0 Å². The van der Waals surface area contributed by atoms with Crippen molar-refractivity contribution in [2.24, 2.45) is 5.92 Å². The van der Waals surface area contributed by atoms with E-state index in [1.54, 1.807) is 0 Å². The van der Waals surface area contributed by atoms with Gasteiger partial charge >= 0.3 is 0 Å². The fraction of sp³-hybridized carbons (Fsp3) is 0.875. The molecule has 0 saturated carbocycles. The van der Waals surface area contributed by atoms with Gasteiger partial charge < -0.3 is 5.32 Å². The molecule has 0 aliphatic carbocycles. The Morgan fingerprint density at radius 1 is 1.55 bits per heavy atom. The highest BCUT2D eigenvalue weighted by Gasteiger charge is 2.19. The Labute approximate surface area is 74.2 Å².